The number of nitriles is 1. The van der Waals surface area contributed by atoms with Gasteiger partial charge in [0.1, 0.15) is 5.75 Å². The average molecular weight is 288 g/mol. The molecule has 21 heavy (non-hydrogen) atoms. The SMILES string of the molecule is CCN(CCCOc1ccc(C#N)cc1)CC1CCCO1. The van der Waals surface area contributed by atoms with Gasteiger partial charge in [0.05, 0.1) is 24.3 Å². The fraction of sp³-hybridized carbons (Fsp3) is 0.588. The lowest BCUT2D eigenvalue weighted by Crippen LogP contribution is -2.33. The Labute approximate surface area is 127 Å². The standard InChI is InChI=1S/C17H24N2O2/c1-2-19(14-17-5-3-11-21-17)10-4-12-20-16-8-6-15(13-18)7-9-16/h6-9,17H,2-5,10-12,14H2,1H3. The van der Waals surface area contributed by atoms with Gasteiger partial charge in [-0.25, -0.2) is 0 Å². The van der Waals surface area contributed by atoms with Gasteiger partial charge in [0.2, 0.25) is 0 Å². The number of ether oxygens (including phenoxy) is 2. The van der Waals surface area contributed by atoms with Crippen molar-refractivity contribution in [2.75, 3.05) is 32.8 Å². The second kappa shape index (κ2) is 8.66. The van der Waals surface area contributed by atoms with Crippen molar-refractivity contribution in [3.05, 3.63) is 29.8 Å². The minimum Gasteiger partial charge on any atom is -0.494 e. The largest absolute Gasteiger partial charge is 0.494 e. The molecule has 1 unspecified atom stereocenters. The molecule has 1 aliphatic heterocycles. The lowest BCUT2D eigenvalue weighted by Gasteiger charge is -2.23. The molecule has 1 heterocycles. The Kier molecular flexibility index (Phi) is 6.52. The van der Waals surface area contributed by atoms with E-state index in [1.807, 2.05) is 12.1 Å². The van der Waals surface area contributed by atoms with Crippen LogP contribution >= 0.6 is 0 Å². The summed E-state index contributed by atoms with van der Waals surface area (Å²) in [5.74, 6) is 0.830. The van der Waals surface area contributed by atoms with E-state index in [0.29, 0.717) is 18.3 Å². The Morgan fingerprint density at radius 2 is 2.19 bits per heavy atom. The summed E-state index contributed by atoms with van der Waals surface area (Å²) in [6, 6.07) is 9.37. The van der Waals surface area contributed by atoms with Gasteiger partial charge in [-0.1, -0.05) is 6.92 Å². The van der Waals surface area contributed by atoms with Crippen LogP contribution in [0.3, 0.4) is 0 Å². The fourth-order valence-corrected chi connectivity index (χ4v) is 2.56. The first kappa shape index (κ1) is 15.8. The molecule has 4 nitrogen and oxygen atoms in total. The Hall–Kier alpha value is -1.57. The van der Waals surface area contributed by atoms with Crippen molar-refractivity contribution in [3.8, 4) is 11.8 Å². The quantitative estimate of drug-likeness (QED) is 0.690. The van der Waals surface area contributed by atoms with E-state index >= 15 is 0 Å². The number of likely N-dealkylation sites (N-methyl/N-ethyl adjacent to an activating group) is 1. The van der Waals surface area contributed by atoms with Crippen LogP contribution in [-0.4, -0.2) is 43.9 Å². The summed E-state index contributed by atoms with van der Waals surface area (Å²) in [6.07, 6.45) is 3.81. The van der Waals surface area contributed by atoms with Gasteiger partial charge in [0.25, 0.3) is 0 Å². The molecular weight excluding hydrogens is 264 g/mol. The summed E-state index contributed by atoms with van der Waals surface area (Å²) in [7, 11) is 0. The lowest BCUT2D eigenvalue weighted by molar-refractivity contribution is 0.0730. The lowest BCUT2D eigenvalue weighted by atomic mass is 10.2. The van der Waals surface area contributed by atoms with E-state index in [1.54, 1.807) is 12.1 Å². The van der Waals surface area contributed by atoms with Gasteiger partial charge in [-0.15, -0.1) is 0 Å². The summed E-state index contributed by atoms with van der Waals surface area (Å²) in [5, 5.41) is 8.74. The number of nitrogens with zero attached hydrogens (tertiary/aromatic N) is 2. The van der Waals surface area contributed by atoms with Crippen LogP contribution in [0.15, 0.2) is 24.3 Å². The minimum atomic E-state index is 0.421. The normalized spacial score (nSPS) is 17.9. The highest BCUT2D eigenvalue weighted by Crippen LogP contribution is 2.14. The maximum atomic E-state index is 8.74. The van der Waals surface area contributed by atoms with E-state index in [4.69, 9.17) is 14.7 Å². The zero-order valence-corrected chi connectivity index (χ0v) is 12.8. The summed E-state index contributed by atoms with van der Waals surface area (Å²) in [6.45, 7) is 6.94. The Morgan fingerprint density at radius 3 is 2.81 bits per heavy atom. The van der Waals surface area contributed by atoms with Crippen LogP contribution in [0, 0.1) is 11.3 Å². The first-order valence-corrected chi connectivity index (χ1v) is 7.78. The van der Waals surface area contributed by atoms with Crippen molar-refractivity contribution in [1.82, 2.24) is 4.90 Å². The molecule has 0 aliphatic carbocycles. The molecule has 1 fully saturated rings. The number of hydrogen-bond acceptors (Lipinski definition) is 4. The molecule has 0 aromatic heterocycles. The maximum Gasteiger partial charge on any atom is 0.119 e. The van der Waals surface area contributed by atoms with E-state index in [1.165, 1.54) is 12.8 Å². The van der Waals surface area contributed by atoms with E-state index in [2.05, 4.69) is 17.9 Å². The van der Waals surface area contributed by atoms with Crippen molar-refractivity contribution in [1.29, 1.82) is 5.26 Å². The molecule has 0 spiro atoms. The topological polar surface area (TPSA) is 45.5 Å². The third-order valence-electron chi connectivity index (χ3n) is 3.80. The van der Waals surface area contributed by atoms with E-state index in [-0.39, 0.29) is 0 Å². The molecule has 1 aromatic rings. The molecule has 0 N–H and O–H groups in total. The first-order valence-electron chi connectivity index (χ1n) is 7.78. The van der Waals surface area contributed by atoms with Crippen molar-refractivity contribution >= 4 is 0 Å². The Morgan fingerprint density at radius 1 is 1.38 bits per heavy atom. The zero-order valence-electron chi connectivity index (χ0n) is 12.8. The number of benzene rings is 1. The average Bonchev–Trinajstić information content (AvgIpc) is 3.04. The molecular formula is C17H24N2O2. The minimum absolute atomic E-state index is 0.421. The highest BCUT2D eigenvalue weighted by Gasteiger charge is 2.18. The molecule has 0 amide bonds. The molecule has 2 rings (SSSR count). The molecule has 0 bridgehead atoms. The van der Waals surface area contributed by atoms with Gasteiger partial charge < -0.3 is 14.4 Å². The van der Waals surface area contributed by atoms with Gasteiger partial charge in [0.15, 0.2) is 0 Å². The van der Waals surface area contributed by atoms with Crippen LogP contribution in [0.1, 0.15) is 31.7 Å². The second-order valence-corrected chi connectivity index (χ2v) is 5.37. The highest BCUT2D eigenvalue weighted by molar-refractivity contribution is 5.34. The van der Waals surface area contributed by atoms with Crippen LogP contribution in [0.5, 0.6) is 5.75 Å². The third-order valence-corrected chi connectivity index (χ3v) is 3.80. The summed E-state index contributed by atoms with van der Waals surface area (Å²) in [5.41, 5.74) is 0.663. The monoisotopic (exact) mass is 288 g/mol. The predicted molar refractivity (Wildman–Crippen MR) is 82.4 cm³/mol. The van der Waals surface area contributed by atoms with Gasteiger partial charge in [-0.05, 0) is 50.1 Å². The van der Waals surface area contributed by atoms with E-state index in [9.17, 15) is 0 Å². The molecule has 1 aliphatic rings. The molecule has 1 atom stereocenters. The first-order chi connectivity index (χ1) is 10.3. The van der Waals surface area contributed by atoms with E-state index in [0.717, 1.165) is 38.4 Å². The van der Waals surface area contributed by atoms with Crippen LogP contribution in [0.4, 0.5) is 0 Å². The summed E-state index contributed by atoms with van der Waals surface area (Å²) in [4.78, 5) is 2.43. The molecule has 1 aromatic carbocycles. The van der Waals surface area contributed by atoms with Gasteiger partial charge in [-0.3, -0.25) is 0 Å². The third kappa shape index (κ3) is 5.37. The second-order valence-electron chi connectivity index (χ2n) is 5.37. The zero-order chi connectivity index (χ0) is 14.9. The van der Waals surface area contributed by atoms with Crippen molar-refractivity contribution in [2.24, 2.45) is 0 Å². The highest BCUT2D eigenvalue weighted by atomic mass is 16.5. The molecule has 1 saturated heterocycles. The Bertz CT molecular complexity index is 447. The van der Waals surface area contributed by atoms with Gasteiger partial charge in [-0.2, -0.15) is 5.26 Å². The molecule has 4 heteroatoms. The van der Waals surface area contributed by atoms with Gasteiger partial charge in [0, 0.05) is 19.7 Å². The maximum absolute atomic E-state index is 8.74. The number of hydrogen-bond donors (Lipinski definition) is 0. The molecule has 0 radical (unpaired) electrons. The van der Waals surface area contributed by atoms with Crippen molar-refractivity contribution < 1.29 is 9.47 Å². The summed E-state index contributed by atoms with van der Waals surface area (Å²) >= 11 is 0. The van der Waals surface area contributed by atoms with Crippen molar-refractivity contribution in [2.45, 2.75) is 32.3 Å². The Balaban J connectivity index is 1.64. The molecule has 0 saturated carbocycles. The van der Waals surface area contributed by atoms with Crippen molar-refractivity contribution in [3.63, 3.8) is 0 Å². The smallest absolute Gasteiger partial charge is 0.119 e. The summed E-state index contributed by atoms with van der Waals surface area (Å²) < 4.78 is 11.4. The van der Waals surface area contributed by atoms with Gasteiger partial charge >= 0.3 is 0 Å². The predicted octanol–water partition coefficient (Wildman–Crippen LogP) is 2.83. The van der Waals surface area contributed by atoms with Crippen LogP contribution in [0.2, 0.25) is 0 Å². The number of rotatable bonds is 8. The van der Waals surface area contributed by atoms with Crippen LogP contribution in [0.25, 0.3) is 0 Å². The van der Waals surface area contributed by atoms with E-state index < -0.39 is 0 Å². The molecule has 114 valence electrons. The van der Waals surface area contributed by atoms with Crippen LogP contribution in [-0.2, 0) is 4.74 Å². The van der Waals surface area contributed by atoms with Crippen LogP contribution < -0.4 is 4.74 Å². The fourth-order valence-electron chi connectivity index (χ4n) is 2.56.